The fourth-order valence-corrected chi connectivity index (χ4v) is 2.40. The standard InChI is InChI=1S/C15H15N3O4/c19-14-4-3-11(10-21-14)15(20)18-7-1-2-12(9-18)22-13-8-16-5-6-17-13/h3-6,8,10,12H,1-2,7,9H2. The van der Waals surface area contributed by atoms with Crippen molar-refractivity contribution in [2.24, 2.45) is 0 Å². The second-order valence-electron chi connectivity index (χ2n) is 5.02. The van der Waals surface area contributed by atoms with Crippen LogP contribution in [-0.2, 0) is 0 Å². The predicted octanol–water partition coefficient (Wildman–Crippen LogP) is 1.11. The molecule has 0 spiro atoms. The van der Waals surface area contributed by atoms with Crippen molar-refractivity contribution < 1.29 is 13.9 Å². The number of piperidine rings is 1. The van der Waals surface area contributed by atoms with Gasteiger partial charge in [-0.1, -0.05) is 0 Å². The van der Waals surface area contributed by atoms with Gasteiger partial charge in [0.1, 0.15) is 12.4 Å². The third kappa shape index (κ3) is 3.30. The number of rotatable bonds is 3. The average Bonchev–Trinajstić information content (AvgIpc) is 2.56. The maximum atomic E-state index is 12.4. The number of ether oxygens (including phenoxy) is 1. The van der Waals surface area contributed by atoms with Crippen LogP contribution in [0.3, 0.4) is 0 Å². The third-order valence-electron chi connectivity index (χ3n) is 3.44. The Kier molecular flexibility index (Phi) is 4.13. The number of likely N-dealkylation sites (tertiary alicyclic amines) is 1. The van der Waals surface area contributed by atoms with Gasteiger partial charge in [0.2, 0.25) is 5.88 Å². The minimum absolute atomic E-state index is 0.120. The van der Waals surface area contributed by atoms with Gasteiger partial charge in [0.25, 0.3) is 5.91 Å². The Labute approximate surface area is 126 Å². The lowest BCUT2D eigenvalue weighted by atomic mass is 10.1. The summed E-state index contributed by atoms with van der Waals surface area (Å²) in [7, 11) is 0. The monoisotopic (exact) mass is 301 g/mol. The average molecular weight is 301 g/mol. The Bertz CT molecular complexity index is 681. The van der Waals surface area contributed by atoms with E-state index in [0.717, 1.165) is 12.8 Å². The minimum Gasteiger partial charge on any atom is -0.471 e. The van der Waals surface area contributed by atoms with Crippen LogP contribution in [0.1, 0.15) is 23.2 Å². The molecule has 3 rings (SSSR count). The van der Waals surface area contributed by atoms with Crippen LogP contribution in [0.15, 0.2) is 46.2 Å². The van der Waals surface area contributed by atoms with Crippen LogP contribution >= 0.6 is 0 Å². The lowest BCUT2D eigenvalue weighted by molar-refractivity contribution is 0.0524. The van der Waals surface area contributed by atoms with E-state index in [9.17, 15) is 9.59 Å². The Hall–Kier alpha value is -2.70. The van der Waals surface area contributed by atoms with Crippen molar-refractivity contribution in [2.75, 3.05) is 13.1 Å². The van der Waals surface area contributed by atoms with Crippen LogP contribution in [0.5, 0.6) is 5.88 Å². The molecule has 0 radical (unpaired) electrons. The van der Waals surface area contributed by atoms with E-state index in [1.165, 1.54) is 18.4 Å². The molecule has 7 nitrogen and oxygen atoms in total. The van der Waals surface area contributed by atoms with E-state index >= 15 is 0 Å². The van der Waals surface area contributed by atoms with Crippen LogP contribution in [0.4, 0.5) is 0 Å². The molecule has 2 aromatic heterocycles. The first-order chi connectivity index (χ1) is 10.7. The van der Waals surface area contributed by atoms with Gasteiger partial charge in [-0.25, -0.2) is 9.78 Å². The van der Waals surface area contributed by atoms with Crippen LogP contribution in [-0.4, -0.2) is 40.0 Å². The molecule has 7 heteroatoms. The van der Waals surface area contributed by atoms with Gasteiger partial charge in [0, 0.05) is 25.0 Å². The summed E-state index contributed by atoms with van der Waals surface area (Å²) in [6.45, 7) is 1.12. The molecule has 0 bridgehead atoms. The van der Waals surface area contributed by atoms with Crippen molar-refractivity contribution in [1.82, 2.24) is 14.9 Å². The molecule has 3 heterocycles. The maximum absolute atomic E-state index is 12.4. The van der Waals surface area contributed by atoms with Crippen molar-refractivity contribution in [2.45, 2.75) is 18.9 Å². The molecule has 0 saturated carbocycles. The summed E-state index contributed by atoms with van der Waals surface area (Å²) in [4.78, 5) is 33.1. The summed E-state index contributed by atoms with van der Waals surface area (Å²) in [6.07, 6.45) is 7.45. The van der Waals surface area contributed by atoms with E-state index < -0.39 is 5.63 Å². The fraction of sp³-hybridized carbons (Fsp3) is 0.333. The smallest absolute Gasteiger partial charge is 0.335 e. The lowest BCUT2D eigenvalue weighted by Gasteiger charge is -2.32. The molecule has 1 aliphatic heterocycles. The van der Waals surface area contributed by atoms with Gasteiger partial charge in [-0.2, -0.15) is 0 Å². The molecule has 0 N–H and O–H groups in total. The first kappa shape index (κ1) is 14.2. The topological polar surface area (TPSA) is 85.5 Å². The van der Waals surface area contributed by atoms with Crippen molar-refractivity contribution in [1.29, 1.82) is 0 Å². The Morgan fingerprint density at radius 2 is 2.27 bits per heavy atom. The highest BCUT2D eigenvalue weighted by Crippen LogP contribution is 2.17. The number of nitrogens with zero attached hydrogens (tertiary/aromatic N) is 3. The van der Waals surface area contributed by atoms with Crippen LogP contribution in [0.25, 0.3) is 0 Å². The molecule has 1 aliphatic rings. The molecular formula is C15H15N3O4. The minimum atomic E-state index is -0.473. The van der Waals surface area contributed by atoms with Crippen molar-refractivity contribution in [3.63, 3.8) is 0 Å². The number of hydrogen-bond donors (Lipinski definition) is 0. The fourth-order valence-electron chi connectivity index (χ4n) is 2.40. The zero-order chi connectivity index (χ0) is 15.4. The summed E-state index contributed by atoms with van der Waals surface area (Å²) in [5.74, 6) is 0.281. The predicted molar refractivity (Wildman–Crippen MR) is 76.6 cm³/mol. The van der Waals surface area contributed by atoms with Gasteiger partial charge >= 0.3 is 5.63 Å². The van der Waals surface area contributed by atoms with Crippen molar-refractivity contribution in [3.05, 3.63) is 53.0 Å². The highest BCUT2D eigenvalue weighted by Gasteiger charge is 2.26. The zero-order valence-electron chi connectivity index (χ0n) is 11.8. The van der Waals surface area contributed by atoms with E-state index in [0.29, 0.717) is 24.5 Å². The number of carbonyl (C=O) groups excluding carboxylic acids is 1. The molecule has 1 atom stereocenters. The van der Waals surface area contributed by atoms with E-state index in [1.54, 1.807) is 23.5 Å². The molecule has 114 valence electrons. The molecule has 1 amide bonds. The van der Waals surface area contributed by atoms with E-state index in [-0.39, 0.29) is 12.0 Å². The number of amides is 1. The van der Waals surface area contributed by atoms with Crippen molar-refractivity contribution in [3.8, 4) is 5.88 Å². The van der Waals surface area contributed by atoms with Crippen LogP contribution < -0.4 is 10.4 Å². The lowest BCUT2D eigenvalue weighted by Crippen LogP contribution is -2.44. The number of carbonyl (C=O) groups is 1. The molecule has 1 saturated heterocycles. The summed E-state index contributed by atoms with van der Waals surface area (Å²) in [5, 5.41) is 0. The van der Waals surface area contributed by atoms with Gasteiger partial charge in [0.05, 0.1) is 18.3 Å². The summed E-state index contributed by atoms with van der Waals surface area (Å²) >= 11 is 0. The largest absolute Gasteiger partial charge is 0.471 e. The van der Waals surface area contributed by atoms with Gasteiger partial charge in [-0.3, -0.25) is 9.78 Å². The second-order valence-corrected chi connectivity index (χ2v) is 5.02. The first-order valence-electron chi connectivity index (χ1n) is 7.03. The Balaban J connectivity index is 1.66. The van der Waals surface area contributed by atoms with Gasteiger partial charge in [0.15, 0.2) is 0 Å². The second kappa shape index (κ2) is 6.38. The van der Waals surface area contributed by atoms with Gasteiger partial charge < -0.3 is 14.1 Å². The first-order valence-corrected chi connectivity index (χ1v) is 7.03. The molecule has 1 unspecified atom stereocenters. The normalized spacial score (nSPS) is 18.0. The van der Waals surface area contributed by atoms with E-state index in [4.69, 9.17) is 9.15 Å². The van der Waals surface area contributed by atoms with Gasteiger partial charge in [-0.15, -0.1) is 0 Å². The highest BCUT2D eigenvalue weighted by atomic mass is 16.5. The highest BCUT2D eigenvalue weighted by molar-refractivity contribution is 5.93. The molecule has 22 heavy (non-hydrogen) atoms. The van der Waals surface area contributed by atoms with Crippen LogP contribution in [0.2, 0.25) is 0 Å². The zero-order valence-corrected chi connectivity index (χ0v) is 11.8. The number of hydrogen-bond acceptors (Lipinski definition) is 6. The molecule has 2 aromatic rings. The third-order valence-corrected chi connectivity index (χ3v) is 3.44. The van der Waals surface area contributed by atoms with Crippen molar-refractivity contribution >= 4 is 5.91 Å². The summed E-state index contributed by atoms with van der Waals surface area (Å²) in [6, 6.07) is 2.71. The van der Waals surface area contributed by atoms with E-state index in [2.05, 4.69) is 9.97 Å². The quantitative estimate of drug-likeness (QED) is 0.844. The maximum Gasteiger partial charge on any atom is 0.335 e. The summed E-state index contributed by atoms with van der Waals surface area (Å²) in [5.41, 5.74) is -0.112. The molecule has 0 aromatic carbocycles. The molecule has 1 fully saturated rings. The van der Waals surface area contributed by atoms with Gasteiger partial charge in [-0.05, 0) is 18.9 Å². The SMILES string of the molecule is O=C(c1ccc(=O)oc1)N1CCCC(Oc2cnccn2)C1. The van der Waals surface area contributed by atoms with Crippen LogP contribution in [0, 0.1) is 0 Å². The van der Waals surface area contributed by atoms with E-state index in [1.807, 2.05) is 0 Å². The molecule has 0 aliphatic carbocycles. The Morgan fingerprint density at radius 1 is 1.36 bits per heavy atom. The summed E-state index contributed by atoms with van der Waals surface area (Å²) < 4.78 is 10.5. The Morgan fingerprint density at radius 3 is 3.00 bits per heavy atom. The molecular weight excluding hydrogens is 286 g/mol. The number of aromatic nitrogens is 2.